The molecule has 0 atom stereocenters. The highest BCUT2D eigenvalue weighted by molar-refractivity contribution is 6.25. The Morgan fingerprint density at radius 2 is 1.50 bits per heavy atom. The Labute approximate surface area is 98.9 Å². The van der Waals surface area contributed by atoms with E-state index in [4.69, 9.17) is 5.53 Å². The normalized spacial score (nSPS) is 9.81. The average Bonchev–Trinajstić information content (AvgIpc) is 2.27. The van der Waals surface area contributed by atoms with Gasteiger partial charge in [-0.1, -0.05) is 58.3 Å². The number of ketones is 1. The molecule has 0 amide bonds. The van der Waals surface area contributed by atoms with Gasteiger partial charge in [0, 0.05) is 6.42 Å². The van der Waals surface area contributed by atoms with Crippen LogP contribution in [-0.2, 0) is 4.79 Å². The smallest absolute Gasteiger partial charge is 0.323 e. The Bertz CT molecular complexity index is 220. The Hall–Kier alpha value is -0.950. The van der Waals surface area contributed by atoms with E-state index in [9.17, 15) is 4.79 Å². The van der Waals surface area contributed by atoms with Crippen molar-refractivity contribution in [1.29, 1.82) is 0 Å². The second-order valence-electron chi connectivity index (χ2n) is 4.29. The minimum Gasteiger partial charge on any atom is -0.361 e. The van der Waals surface area contributed by atoms with E-state index in [2.05, 4.69) is 11.7 Å². The van der Waals surface area contributed by atoms with Crippen LogP contribution in [0.3, 0.4) is 0 Å². The van der Waals surface area contributed by atoms with Crippen LogP contribution in [0.2, 0.25) is 0 Å². The summed E-state index contributed by atoms with van der Waals surface area (Å²) in [5.74, 6) is -0.0783. The van der Waals surface area contributed by atoms with Crippen LogP contribution >= 0.6 is 0 Å². The van der Waals surface area contributed by atoms with Gasteiger partial charge in [-0.15, -0.1) is 0 Å². The molecule has 0 spiro atoms. The summed E-state index contributed by atoms with van der Waals surface area (Å²) in [6, 6.07) is 0. The molecule has 0 aliphatic carbocycles. The van der Waals surface area contributed by atoms with Gasteiger partial charge in [-0.25, -0.2) is 0 Å². The minimum atomic E-state index is -0.0783. The molecule has 0 rings (SSSR count). The van der Waals surface area contributed by atoms with Crippen molar-refractivity contribution in [3.63, 3.8) is 0 Å². The number of carbonyl (C=O) groups excluding carboxylic acids is 1. The summed E-state index contributed by atoms with van der Waals surface area (Å²) in [4.78, 5) is 13.7. The van der Waals surface area contributed by atoms with Gasteiger partial charge in [0.15, 0.2) is 0 Å². The van der Waals surface area contributed by atoms with Crippen LogP contribution in [0.4, 0.5) is 0 Å². The Morgan fingerprint density at radius 3 is 2.00 bits per heavy atom. The van der Waals surface area contributed by atoms with E-state index in [1.807, 2.05) is 0 Å². The third kappa shape index (κ3) is 11.1. The van der Waals surface area contributed by atoms with Gasteiger partial charge in [-0.3, -0.25) is 4.79 Å². The molecule has 0 aliphatic heterocycles. The fourth-order valence-electron chi connectivity index (χ4n) is 1.74. The van der Waals surface area contributed by atoms with E-state index in [0.29, 0.717) is 6.42 Å². The molecule has 0 saturated carbocycles. The molecule has 3 nitrogen and oxygen atoms in total. The van der Waals surface area contributed by atoms with E-state index in [0.717, 1.165) is 19.1 Å². The Kier molecular flexibility index (Phi) is 11.4. The van der Waals surface area contributed by atoms with Gasteiger partial charge in [0.25, 0.3) is 0 Å². The van der Waals surface area contributed by atoms with Crippen molar-refractivity contribution < 1.29 is 9.58 Å². The second-order valence-corrected chi connectivity index (χ2v) is 4.29. The molecule has 0 N–H and O–H groups in total. The van der Waals surface area contributed by atoms with Gasteiger partial charge in [0.2, 0.25) is 5.78 Å². The number of rotatable bonds is 11. The molecule has 0 aliphatic rings. The van der Waals surface area contributed by atoms with Crippen LogP contribution in [0.25, 0.3) is 5.53 Å². The predicted molar refractivity (Wildman–Crippen MR) is 66.5 cm³/mol. The molecular formula is C13H24N2O. The van der Waals surface area contributed by atoms with Gasteiger partial charge in [-0.05, 0) is 6.42 Å². The number of hydrogen-bond donors (Lipinski definition) is 0. The molecular weight excluding hydrogens is 200 g/mol. The lowest BCUT2D eigenvalue weighted by Crippen LogP contribution is -1.99. The highest BCUT2D eigenvalue weighted by Crippen LogP contribution is 2.10. The quantitative estimate of drug-likeness (QED) is 0.228. The van der Waals surface area contributed by atoms with Crippen molar-refractivity contribution in [3.8, 4) is 0 Å². The molecule has 0 aromatic rings. The summed E-state index contributed by atoms with van der Waals surface area (Å²) >= 11 is 0. The van der Waals surface area contributed by atoms with Gasteiger partial charge >= 0.3 is 6.21 Å². The third-order valence-electron chi connectivity index (χ3n) is 2.73. The van der Waals surface area contributed by atoms with Crippen molar-refractivity contribution in [2.45, 2.75) is 71.1 Å². The van der Waals surface area contributed by atoms with Crippen LogP contribution in [-0.4, -0.2) is 16.8 Å². The first-order valence-electron chi connectivity index (χ1n) is 6.51. The zero-order chi connectivity index (χ0) is 12.1. The minimum absolute atomic E-state index is 0.0783. The van der Waals surface area contributed by atoms with Crippen molar-refractivity contribution in [3.05, 3.63) is 5.53 Å². The fraction of sp³-hybridized carbons (Fsp3) is 0.846. The Balaban J connectivity index is 3.09. The topological polar surface area (TPSA) is 53.5 Å². The van der Waals surface area contributed by atoms with Crippen molar-refractivity contribution in [2.75, 3.05) is 0 Å². The van der Waals surface area contributed by atoms with Gasteiger partial charge in [-0.2, -0.15) is 4.79 Å². The standard InChI is InChI=1S/C13H24N2O/c1-2-3-4-5-6-7-8-9-10-11-13(16)12-15-14/h12H,2-11H2,1H3. The summed E-state index contributed by atoms with van der Waals surface area (Å²) in [6.07, 6.45) is 12.7. The number of nitrogens with zero attached hydrogens (tertiary/aromatic N) is 2. The van der Waals surface area contributed by atoms with Gasteiger partial charge in [0.05, 0.1) is 0 Å². The molecule has 0 bridgehead atoms. The summed E-state index contributed by atoms with van der Waals surface area (Å²) in [7, 11) is 0. The maximum absolute atomic E-state index is 10.9. The number of Topliss-reactive ketones (excluding diaryl/α,β-unsaturated/α-hetero) is 1. The maximum atomic E-state index is 10.9. The van der Waals surface area contributed by atoms with E-state index in [1.165, 1.54) is 44.9 Å². The van der Waals surface area contributed by atoms with Crippen LogP contribution in [0.1, 0.15) is 71.1 Å². The van der Waals surface area contributed by atoms with Crippen molar-refractivity contribution in [2.24, 2.45) is 0 Å². The second kappa shape index (κ2) is 12.1. The fourth-order valence-corrected chi connectivity index (χ4v) is 1.74. The molecule has 0 radical (unpaired) electrons. The first-order valence-corrected chi connectivity index (χ1v) is 6.51. The van der Waals surface area contributed by atoms with Crippen LogP contribution in [0, 0.1) is 0 Å². The summed E-state index contributed by atoms with van der Waals surface area (Å²) in [5, 5.41) is 0. The van der Waals surface area contributed by atoms with E-state index in [-0.39, 0.29) is 5.78 Å². The van der Waals surface area contributed by atoms with Crippen LogP contribution in [0.5, 0.6) is 0 Å². The molecule has 16 heavy (non-hydrogen) atoms. The lowest BCUT2D eigenvalue weighted by molar-refractivity contribution is -0.116. The lowest BCUT2D eigenvalue weighted by Gasteiger charge is -2.00. The SMILES string of the molecule is CCCCCCCCCCCC(=O)C=[N+]=[N-]. The first-order chi connectivity index (χ1) is 7.81. The highest BCUT2D eigenvalue weighted by atomic mass is 16.1. The highest BCUT2D eigenvalue weighted by Gasteiger charge is 2.01. The van der Waals surface area contributed by atoms with Crippen LogP contribution in [0.15, 0.2) is 0 Å². The molecule has 92 valence electrons. The van der Waals surface area contributed by atoms with Crippen LogP contribution < -0.4 is 0 Å². The predicted octanol–water partition coefficient (Wildman–Crippen LogP) is 3.78. The monoisotopic (exact) mass is 224 g/mol. The average molecular weight is 224 g/mol. The van der Waals surface area contributed by atoms with E-state index < -0.39 is 0 Å². The third-order valence-corrected chi connectivity index (χ3v) is 2.73. The molecule has 0 unspecified atom stereocenters. The molecule has 0 saturated heterocycles. The molecule has 3 heteroatoms. The molecule has 0 aromatic carbocycles. The molecule has 0 aromatic heterocycles. The lowest BCUT2D eigenvalue weighted by atomic mass is 10.1. The Morgan fingerprint density at radius 1 is 1.00 bits per heavy atom. The van der Waals surface area contributed by atoms with Crippen molar-refractivity contribution >= 4 is 12.0 Å². The summed E-state index contributed by atoms with van der Waals surface area (Å²) in [5.41, 5.74) is 8.13. The van der Waals surface area contributed by atoms with E-state index in [1.54, 1.807) is 0 Å². The largest absolute Gasteiger partial charge is 0.361 e. The number of unbranched alkanes of at least 4 members (excludes halogenated alkanes) is 8. The van der Waals surface area contributed by atoms with Crippen molar-refractivity contribution in [1.82, 2.24) is 0 Å². The maximum Gasteiger partial charge on any atom is 0.323 e. The first kappa shape index (κ1) is 15.0. The number of hydrogen-bond acceptors (Lipinski definition) is 1. The zero-order valence-electron chi connectivity index (χ0n) is 10.5. The summed E-state index contributed by atoms with van der Waals surface area (Å²) < 4.78 is 0. The number of carbonyl (C=O) groups is 1. The zero-order valence-corrected chi connectivity index (χ0v) is 10.5. The summed E-state index contributed by atoms with van der Waals surface area (Å²) in [6.45, 7) is 2.23. The molecule has 0 fully saturated rings. The van der Waals surface area contributed by atoms with E-state index >= 15 is 0 Å². The van der Waals surface area contributed by atoms with Gasteiger partial charge in [0.1, 0.15) is 0 Å². The van der Waals surface area contributed by atoms with Gasteiger partial charge < -0.3 is 5.53 Å². The molecule has 0 heterocycles.